The van der Waals surface area contributed by atoms with Crippen LogP contribution in [0, 0.1) is 18.3 Å². The van der Waals surface area contributed by atoms with Crippen LogP contribution in [0.4, 0.5) is 0 Å². The van der Waals surface area contributed by atoms with Crippen LogP contribution in [0.5, 0.6) is 0 Å². The van der Waals surface area contributed by atoms with Crippen molar-refractivity contribution in [3.63, 3.8) is 0 Å². The molecule has 0 amide bonds. The van der Waals surface area contributed by atoms with Crippen LogP contribution in [-0.2, 0) is 6.42 Å². The van der Waals surface area contributed by atoms with Gasteiger partial charge in [-0.15, -0.1) is 0 Å². The maximum atomic E-state index is 8.55. The summed E-state index contributed by atoms with van der Waals surface area (Å²) in [6, 6.07) is 7.28. The summed E-state index contributed by atoms with van der Waals surface area (Å²) in [6.07, 6.45) is 0.662. The average Bonchev–Trinajstić information content (AvgIpc) is 2.03. The first-order valence-corrected chi connectivity index (χ1v) is 3.63. The lowest BCUT2D eigenvalue weighted by Crippen LogP contribution is -1.82. The van der Waals surface area contributed by atoms with Gasteiger partial charge in [0.25, 0.3) is 0 Å². The molecule has 55 valence electrons. The van der Waals surface area contributed by atoms with Crippen LogP contribution in [-0.4, -0.2) is 0 Å². The van der Waals surface area contributed by atoms with E-state index in [1.807, 2.05) is 12.1 Å². The third kappa shape index (κ3) is 1.96. The topological polar surface area (TPSA) is 23.8 Å². The molecule has 0 bridgehead atoms. The normalized spacial score (nSPS) is 9.18. The van der Waals surface area contributed by atoms with Gasteiger partial charge in [0.2, 0.25) is 0 Å². The van der Waals surface area contributed by atoms with Crippen molar-refractivity contribution in [3.8, 4) is 6.07 Å². The average molecular weight is 165 g/mol. The monoisotopic (exact) mass is 164 g/mol. The molecule has 1 aromatic rings. The van der Waals surface area contributed by atoms with Crippen molar-refractivity contribution >= 4 is 11.6 Å². The summed E-state index contributed by atoms with van der Waals surface area (Å²) in [5.74, 6) is 0. The van der Waals surface area contributed by atoms with Crippen molar-refractivity contribution in [2.75, 3.05) is 0 Å². The lowest BCUT2D eigenvalue weighted by Gasteiger charge is -1.97. The predicted octanol–water partition coefficient (Wildman–Crippen LogP) is 2.59. The van der Waals surface area contributed by atoms with Crippen molar-refractivity contribution in [1.29, 1.82) is 5.26 Å². The molecule has 0 unspecified atom stereocenters. The number of nitrogens with zero attached hydrogens (tertiary/aromatic N) is 1. The number of hydrogen-bond acceptors (Lipinski definition) is 1. The molecule has 1 nitrogen and oxygen atoms in total. The molecule has 0 fully saturated rings. The smallest absolute Gasteiger partial charge is 0.0992 e. The molecule has 1 radical (unpaired) electrons. The zero-order valence-electron chi connectivity index (χ0n) is 5.97. The summed E-state index contributed by atoms with van der Waals surface area (Å²) in [7, 11) is 0. The number of nitriles is 1. The first-order valence-electron chi connectivity index (χ1n) is 3.25. The van der Waals surface area contributed by atoms with E-state index >= 15 is 0 Å². The second kappa shape index (κ2) is 3.41. The van der Waals surface area contributed by atoms with Gasteiger partial charge in [0, 0.05) is 5.02 Å². The number of hydrogen-bond donors (Lipinski definition) is 0. The molecule has 0 aromatic heterocycles. The van der Waals surface area contributed by atoms with Gasteiger partial charge < -0.3 is 0 Å². The van der Waals surface area contributed by atoms with E-state index in [-0.39, 0.29) is 0 Å². The van der Waals surface area contributed by atoms with Gasteiger partial charge in [0.15, 0.2) is 0 Å². The zero-order valence-corrected chi connectivity index (χ0v) is 6.73. The molecule has 0 aliphatic rings. The Balaban J connectivity index is 3.15. The van der Waals surface area contributed by atoms with Gasteiger partial charge in [0.05, 0.1) is 11.6 Å². The van der Waals surface area contributed by atoms with Crippen molar-refractivity contribution in [2.24, 2.45) is 0 Å². The highest BCUT2D eigenvalue weighted by Crippen LogP contribution is 2.14. The van der Waals surface area contributed by atoms with Crippen LogP contribution in [0.15, 0.2) is 18.2 Å². The molecule has 0 heterocycles. The fourth-order valence-electron chi connectivity index (χ4n) is 0.859. The lowest BCUT2D eigenvalue weighted by molar-refractivity contribution is 1.26. The second-order valence-electron chi connectivity index (χ2n) is 2.21. The minimum absolute atomic E-state index is 0.594. The molecule has 0 aliphatic heterocycles. The van der Waals surface area contributed by atoms with Crippen molar-refractivity contribution < 1.29 is 0 Å². The van der Waals surface area contributed by atoms with Crippen LogP contribution in [0.3, 0.4) is 0 Å². The Bertz CT molecular complexity index is 299. The van der Waals surface area contributed by atoms with Crippen molar-refractivity contribution in [1.82, 2.24) is 0 Å². The Morgan fingerprint density at radius 1 is 1.45 bits per heavy atom. The Morgan fingerprint density at radius 3 is 2.73 bits per heavy atom. The van der Waals surface area contributed by atoms with Gasteiger partial charge in [-0.2, -0.15) is 5.26 Å². The molecule has 0 saturated heterocycles. The van der Waals surface area contributed by atoms with Crippen LogP contribution < -0.4 is 0 Å². The van der Waals surface area contributed by atoms with E-state index in [0.717, 1.165) is 5.56 Å². The third-order valence-corrected chi connectivity index (χ3v) is 1.59. The summed E-state index contributed by atoms with van der Waals surface area (Å²) < 4.78 is 0. The molecule has 0 saturated carbocycles. The van der Waals surface area contributed by atoms with E-state index in [1.165, 1.54) is 0 Å². The summed E-state index contributed by atoms with van der Waals surface area (Å²) in [4.78, 5) is 0. The largest absolute Gasteiger partial charge is 0.192 e. The van der Waals surface area contributed by atoms with Gasteiger partial charge in [0.1, 0.15) is 0 Å². The zero-order chi connectivity index (χ0) is 8.27. The van der Waals surface area contributed by atoms with Gasteiger partial charge in [-0.05, 0) is 37.1 Å². The second-order valence-corrected chi connectivity index (χ2v) is 2.65. The molecule has 11 heavy (non-hydrogen) atoms. The maximum Gasteiger partial charge on any atom is 0.0992 e. The van der Waals surface area contributed by atoms with Crippen LogP contribution in [0.2, 0.25) is 5.02 Å². The van der Waals surface area contributed by atoms with Gasteiger partial charge in [-0.25, -0.2) is 0 Å². The summed E-state index contributed by atoms with van der Waals surface area (Å²) in [5, 5.41) is 9.15. The number of benzene rings is 1. The highest BCUT2D eigenvalue weighted by molar-refractivity contribution is 6.30. The quantitative estimate of drug-likeness (QED) is 0.626. The standard InChI is InChI=1S/C9H7ClN/c1-2-7-3-8(6-11)5-9(10)4-7/h3-5H,1-2H2. The molecule has 1 aromatic carbocycles. The van der Waals surface area contributed by atoms with Crippen LogP contribution >= 0.6 is 11.6 Å². The molecule has 0 spiro atoms. The SMILES string of the molecule is [CH2]Cc1cc(Cl)cc(C#N)c1. The summed E-state index contributed by atoms with van der Waals surface area (Å²) >= 11 is 5.73. The number of halogens is 1. The van der Waals surface area contributed by atoms with Crippen molar-refractivity contribution in [2.45, 2.75) is 6.42 Å². The Kier molecular flexibility index (Phi) is 2.51. The predicted molar refractivity (Wildman–Crippen MR) is 45.2 cm³/mol. The lowest BCUT2D eigenvalue weighted by atomic mass is 10.1. The molecular formula is C9H7ClN. The molecule has 0 aliphatic carbocycles. The van der Waals surface area contributed by atoms with E-state index in [9.17, 15) is 0 Å². The van der Waals surface area contributed by atoms with Crippen molar-refractivity contribution in [3.05, 3.63) is 41.3 Å². The maximum absolute atomic E-state index is 8.55. The summed E-state index contributed by atoms with van der Waals surface area (Å²) in [6.45, 7) is 3.70. The van der Waals surface area contributed by atoms with Gasteiger partial charge in [-0.1, -0.05) is 11.6 Å². The fourth-order valence-corrected chi connectivity index (χ4v) is 1.12. The fraction of sp³-hybridized carbons (Fsp3) is 0.111. The van der Waals surface area contributed by atoms with E-state index in [4.69, 9.17) is 16.9 Å². The van der Waals surface area contributed by atoms with E-state index in [2.05, 4.69) is 6.92 Å². The van der Waals surface area contributed by atoms with Gasteiger partial charge in [-0.3, -0.25) is 0 Å². The Hall–Kier alpha value is -1.00. The molecule has 0 atom stereocenters. The molecular weight excluding hydrogens is 158 g/mol. The Morgan fingerprint density at radius 2 is 2.18 bits per heavy atom. The third-order valence-electron chi connectivity index (χ3n) is 1.38. The molecule has 1 rings (SSSR count). The van der Waals surface area contributed by atoms with Crippen LogP contribution in [0.25, 0.3) is 0 Å². The van der Waals surface area contributed by atoms with E-state index in [1.54, 1.807) is 12.1 Å². The first-order chi connectivity index (χ1) is 5.26. The molecule has 0 N–H and O–H groups in total. The minimum atomic E-state index is 0.594. The van der Waals surface area contributed by atoms with Crippen LogP contribution in [0.1, 0.15) is 11.1 Å². The highest BCUT2D eigenvalue weighted by atomic mass is 35.5. The minimum Gasteiger partial charge on any atom is -0.192 e. The number of rotatable bonds is 1. The van der Waals surface area contributed by atoms with E-state index < -0.39 is 0 Å². The summed E-state index contributed by atoms with van der Waals surface area (Å²) in [5.41, 5.74) is 1.59. The Labute approximate surface area is 71.2 Å². The van der Waals surface area contributed by atoms with Gasteiger partial charge >= 0.3 is 0 Å². The highest BCUT2D eigenvalue weighted by Gasteiger charge is 1.96. The molecule has 2 heteroatoms. The van der Waals surface area contributed by atoms with E-state index in [0.29, 0.717) is 17.0 Å². The first kappa shape index (κ1) is 8.10.